The number of carbonyl (C=O) groups is 1. The van der Waals surface area contributed by atoms with E-state index in [1.54, 1.807) is 13.8 Å². The van der Waals surface area contributed by atoms with Crippen molar-refractivity contribution in [2.75, 3.05) is 7.05 Å². The number of benzene rings is 1. The van der Waals surface area contributed by atoms with Gasteiger partial charge >= 0.3 is 0 Å². The highest BCUT2D eigenvalue weighted by Crippen LogP contribution is 2.24. The van der Waals surface area contributed by atoms with Gasteiger partial charge in [0.05, 0.1) is 10.9 Å². The van der Waals surface area contributed by atoms with Crippen molar-refractivity contribution in [3.8, 4) is 0 Å². The lowest BCUT2D eigenvalue weighted by molar-refractivity contribution is -0.129. The molecule has 1 amide bonds. The maximum absolute atomic E-state index is 13.7. The molecule has 2 aromatic rings. The Kier molecular flexibility index (Phi) is 3.64. The topological polar surface area (TPSA) is 49.8 Å². The van der Waals surface area contributed by atoms with Gasteiger partial charge in [0.15, 0.2) is 10.6 Å². The molecule has 1 heterocycles. The van der Waals surface area contributed by atoms with E-state index in [2.05, 4.69) is 10.3 Å². The molecule has 0 saturated carbocycles. The molecule has 0 spiro atoms. The fraction of sp³-hybridized carbons (Fsp3) is 0.385. The Bertz CT molecular complexity index is 733. The van der Waals surface area contributed by atoms with Gasteiger partial charge in [-0.1, -0.05) is 0 Å². The number of hydrogen-bond donors (Lipinski definition) is 2. The first kappa shape index (κ1) is 14.6. The van der Waals surface area contributed by atoms with Crippen LogP contribution in [-0.4, -0.2) is 22.5 Å². The van der Waals surface area contributed by atoms with Gasteiger partial charge < -0.3 is 14.9 Å². The Labute approximate surface area is 119 Å². The van der Waals surface area contributed by atoms with Gasteiger partial charge in [-0.2, -0.15) is 0 Å². The Morgan fingerprint density at radius 3 is 2.70 bits per heavy atom. The second kappa shape index (κ2) is 4.97. The molecule has 2 rings (SSSR count). The number of amides is 1. The summed E-state index contributed by atoms with van der Waals surface area (Å²) in [5, 5.41) is 2.56. The lowest BCUT2D eigenvalue weighted by atomic mass is 9.92. The Balaban J connectivity index is 2.58. The third kappa shape index (κ3) is 2.45. The highest BCUT2D eigenvalue weighted by atomic mass is 32.1. The summed E-state index contributed by atoms with van der Waals surface area (Å²) < 4.78 is 28.8. The van der Waals surface area contributed by atoms with Crippen LogP contribution < -0.4 is 5.32 Å². The summed E-state index contributed by atoms with van der Waals surface area (Å²) in [6.07, 6.45) is 0. The maximum Gasteiger partial charge on any atom is 0.227 e. The van der Waals surface area contributed by atoms with Crippen LogP contribution in [0.1, 0.15) is 13.8 Å². The molecule has 0 unspecified atom stereocenters. The molecule has 0 saturated heterocycles. The summed E-state index contributed by atoms with van der Waals surface area (Å²) in [5.74, 6) is -1.57. The molecule has 4 nitrogen and oxygen atoms in total. The minimum Gasteiger partial charge on any atom is -0.359 e. The number of aromatic nitrogens is 2. The molecule has 0 radical (unpaired) electrons. The smallest absolute Gasteiger partial charge is 0.227 e. The second-order valence-corrected chi connectivity index (χ2v) is 5.65. The lowest BCUT2D eigenvalue weighted by Gasteiger charge is -2.23. The number of nitrogens with one attached hydrogen (secondary N) is 2. The average molecular weight is 299 g/mol. The molecule has 0 atom stereocenters. The normalized spacial score (nSPS) is 11.8. The number of rotatable bonds is 3. The first-order valence-electron chi connectivity index (χ1n) is 6.06. The van der Waals surface area contributed by atoms with Crippen molar-refractivity contribution >= 4 is 29.2 Å². The van der Waals surface area contributed by atoms with Crippen molar-refractivity contribution in [2.24, 2.45) is 5.41 Å². The number of nitrogens with zero attached hydrogens (tertiary/aromatic N) is 1. The van der Waals surface area contributed by atoms with Crippen LogP contribution in [0.4, 0.5) is 8.78 Å². The van der Waals surface area contributed by atoms with Crippen molar-refractivity contribution in [3.63, 3.8) is 0 Å². The van der Waals surface area contributed by atoms with Gasteiger partial charge in [-0.25, -0.2) is 8.78 Å². The molecule has 0 aliphatic heterocycles. The quantitative estimate of drug-likeness (QED) is 0.856. The van der Waals surface area contributed by atoms with Crippen molar-refractivity contribution in [2.45, 2.75) is 20.4 Å². The number of H-pyrrole nitrogens is 1. The van der Waals surface area contributed by atoms with Crippen LogP contribution in [0.5, 0.6) is 0 Å². The van der Waals surface area contributed by atoms with Crippen molar-refractivity contribution in [1.82, 2.24) is 14.9 Å². The molecule has 1 aromatic carbocycles. The van der Waals surface area contributed by atoms with Crippen LogP contribution in [-0.2, 0) is 11.3 Å². The van der Waals surface area contributed by atoms with Crippen LogP contribution in [0.3, 0.4) is 0 Å². The van der Waals surface area contributed by atoms with E-state index in [9.17, 15) is 13.6 Å². The molecule has 20 heavy (non-hydrogen) atoms. The number of aromatic amines is 1. The van der Waals surface area contributed by atoms with Gasteiger partial charge in [0, 0.05) is 19.7 Å². The summed E-state index contributed by atoms with van der Waals surface area (Å²) >= 11 is 5.13. The van der Waals surface area contributed by atoms with Gasteiger partial charge in [-0.3, -0.25) is 4.79 Å². The van der Waals surface area contributed by atoms with Crippen molar-refractivity contribution in [1.29, 1.82) is 0 Å². The summed E-state index contributed by atoms with van der Waals surface area (Å²) in [6, 6.07) is 1.99. The van der Waals surface area contributed by atoms with Crippen LogP contribution in [0.15, 0.2) is 12.1 Å². The molecule has 0 aliphatic rings. The van der Waals surface area contributed by atoms with Gasteiger partial charge in [0.2, 0.25) is 5.91 Å². The van der Waals surface area contributed by atoms with Crippen molar-refractivity contribution < 1.29 is 13.6 Å². The maximum atomic E-state index is 13.7. The first-order chi connectivity index (χ1) is 9.26. The number of carbonyl (C=O) groups excluding carboxylic acids is 1. The van der Waals surface area contributed by atoms with Gasteiger partial charge in [-0.05, 0) is 32.1 Å². The fourth-order valence-electron chi connectivity index (χ4n) is 2.14. The number of fused-ring (bicyclic) bond motifs is 1. The first-order valence-corrected chi connectivity index (χ1v) is 6.47. The average Bonchev–Trinajstić information content (AvgIpc) is 2.66. The van der Waals surface area contributed by atoms with Crippen LogP contribution in [0, 0.1) is 21.8 Å². The molecule has 1 aromatic heterocycles. The minimum atomic E-state index is -0.759. The number of hydrogen-bond acceptors (Lipinski definition) is 2. The summed E-state index contributed by atoms with van der Waals surface area (Å²) in [5.41, 5.74) is -0.307. The molecule has 0 aliphatic carbocycles. The van der Waals surface area contributed by atoms with Crippen molar-refractivity contribution in [3.05, 3.63) is 28.5 Å². The zero-order chi connectivity index (χ0) is 15.1. The summed E-state index contributed by atoms with van der Waals surface area (Å²) in [6.45, 7) is 3.69. The van der Waals surface area contributed by atoms with E-state index in [-0.39, 0.29) is 22.7 Å². The molecule has 0 fully saturated rings. The predicted molar refractivity (Wildman–Crippen MR) is 74.9 cm³/mol. The zero-order valence-electron chi connectivity index (χ0n) is 11.4. The Morgan fingerprint density at radius 1 is 1.45 bits per heavy atom. The van der Waals surface area contributed by atoms with E-state index in [0.29, 0.717) is 5.52 Å². The molecule has 7 heteroatoms. The lowest BCUT2D eigenvalue weighted by Crippen LogP contribution is -2.37. The van der Waals surface area contributed by atoms with E-state index in [1.165, 1.54) is 17.7 Å². The molecule has 108 valence electrons. The van der Waals surface area contributed by atoms with E-state index in [4.69, 9.17) is 12.2 Å². The SMILES string of the molecule is CNC(=O)C(C)(C)Cn1c(=S)[nH]c2c(F)cc(F)cc21. The molecular weight excluding hydrogens is 284 g/mol. The highest BCUT2D eigenvalue weighted by Gasteiger charge is 2.28. The summed E-state index contributed by atoms with van der Waals surface area (Å²) in [7, 11) is 1.54. The van der Waals surface area contributed by atoms with Gasteiger partial charge in [-0.15, -0.1) is 0 Å². The van der Waals surface area contributed by atoms with E-state index >= 15 is 0 Å². The summed E-state index contributed by atoms with van der Waals surface area (Å²) in [4.78, 5) is 14.5. The second-order valence-electron chi connectivity index (χ2n) is 5.26. The van der Waals surface area contributed by atoms with E-state index < -0.39 is 17.0 Å². The monoisotopic (exact) mass is 299 g/mol. The van der Waals surface area contributed by atoms with Crippen LogP contribution >= 0.6 is 12.2 Å². The number of halogens is 2. The van der Waals surface area contributed by atoms with Crippen LogP contribution in [0.2, 0.25) is 0 Å². The van der Waals surface area contributed by atoms with Gasteiger partial charge in [0.25, 0.3) is 0 Å². The molecule has 0 bridgehead atoms. The standard InChI is InChI=1S/C13H15F2N3OS/c1-13(2,11(19)16-3)6-18-9-5-7(14)4-8(15)10(9)17-12(18)20/h4-5H,6H2,1-3H3,(H,16,19)(H,17,20). The Morgan fingerprint density at radius 2 is 2.10 bits per heavy atom. The molecule has 2 N–H and O–H groups in total. The van der Waals surface area contributed by atoms with E-state index in [0.717, 1.165) is 6.07 Å². The third-order valence-corrected chi connectivity index (χ3v) is 3.52. The highest BCUT2D eigenvalue weighted by molar-refractivity contribution is 7.71. The number of imidazole rings is 1. The zero-order valence-corrected chi connectivity index (χ0v) is 12.2. The predicted octanol–water partition coefficient (Wildman–Crippen LogP) is 2.75. The van der Waals surface area contributed by atoms with E-state index in [1.807, 2.05) is 0 Å². The molecular formula is C13H15F2N3OS. The minimum absolute atomic E-state index is 0.143. The Hall–Kier alpha value is -1.76. The third-order valence-electron chi connectivity index (χ3n) is 3.20. The fourth-order valence-corrected chi connectivity index (χ4v) is 2.41. The van der Waals surface area contributed by atoms with Crippen LogP contribution in [0.25, 0.3) is 11.0 Å². The largest absolute Gasteiger partial charge is 0.359 e. The van der Waals surface area contributed by atoms with Gasteiger partial charge in [0.1, 0.15) is 11.3 Å².